The highest BCUT2D eigenvalue weighted by Crippen LogP contribution is 2.23. The van der Waals surface area contributed by atoms with Crippen molar-refractivity contribution in [1.82, 2.24) is 4.98 Å². The lowest BCUT2D eigenvalue weighted by atomic mass is 10.3. The third-order valence-electron chi connectivity index (χ3n) is 2.24. The van der Waals surface area contributed by atoms with Crippen LogP contribution in [0.1, 0.15) is 0 Å². The van der Waals surface area contributed by atoms with Gasteiger partial charge in [0.15, 0.2) is 0 Å². The fraction of sp³-hybridized carbons (Fsp3) is 0.0833. The number of hydrogen-bond donors (Lipinski definition) is 0. The Morgan fingerprint density at radius 2 is 1.89 bits per heavy atom. The van der Waals surface area contributed by atoms with Gasteiger partial charge in [-0.25, -0.2) is 4.98 Å². The number of benzene rings is 1. The van der Waals surface area contributed by atoms with E-state index in [-0.39, 0.29) is 15.8 Å². The van der Waals surface area contributed by atoms with E-state index in [1.807, 2.05) is 0 Å². The summed E-state index contributed by atoms with van der Waals surface area (Å²) in [6.45, 7) is 0. The molecular formula is C12H10ClNO4S. The molecule has 2 aromatic rings. The third-order valence-corrected chi connectivity index (χ3v) is 3.69. The van der Waals surface area contributed by atoms with Gasteiger partial charge < -0.3 is 8.92 Å². The van der Waals surface area contributed by atoms with Crippen molar-refractivity contribution in [3.8, 4) is 11.5 Å². The minimum atomic E-state index is -3.93. The van der Waals surface area contributed by atoms with Crippen molar-refractivity contribution in [1.29, 1.82) is 0 Å². The van der Waals surface area contributed by atoms with E-state index in [0.717, 1.165) is 6.20 Å². The van der Waals surface area contributed by atoms with Gasteiger partial charge >= 0.3 is 10.1 Å². The van der Waals surface area contributed by atoms with Gasteiger partial charge in [-0.2, -0.15) is 8.42 Å². The quantitative estimate of drug-likeness (QED) is 0.641. The first-order chi connectivity index (χ1) is 9.01. The lowest BCUT2D eigenvalue weighted by Gasteiger charge is -2.07. The van der Waals surface area contributed by atoms with Gasteiger partial charge in [-0.15, -0.1) is 0 Å². The fourth-order valence-corrected chi connectivity index (χ4v) is 2.32. The van der Waals surface area contributed by atoms with E-state index in [1.165, 1.54) is 31.4 Å². The molecule has 7 heteroatoms. The standard InChI is InChI=1S/C12H10ClNO4S/c1-17-9-3-2-4-10(7-9)18-19(15,16)11-5-6-12(13)14-8-11/h2-8H,1H3. The highest BCUT2D eigenvalue weighted by Gasteiger charge is 2.17. The van der Waals surface area contributed by atoms with Gasteiger partial charge in [0.25, 0.3) is 0 Å². The van der Waals surface area contributed by atoms with Gasteiger partial charge in [-0.05, 0) is 24.3 Å². The molecule has 0 atom stereocenters. The number of rotatable bonds is 4. The van der Waals surface area contributed by atoms with Crippen molar-refractivity contribution in [2.75, 3.05) is 7.11 Å². The third kappa shape index (κ3) is 3.36. The fourth-order valence-electron chi connectivity index (χ4n) is 1.34. The van der Waals surface area contributed by atoms with Crippen molar-refractivity contribution in [3.05, 3.63) is 47.7 Å². The van der Waals surface area contributed by atoms with Crippen molar-refractivity contribution >= 4 is 21.7 Å². The molecule has 1 heterocycles. The molecule has 1 aromatic heterocycles. The molecule has 2 rings (SSSR count). The van der Waals surface area contributed by atoms with E-state index in [9.17, 15) is 8.42 Å². The van der Waals surface area contributed by atoms with E-state index in [2.05, 4.69) is 4.98 Å². The van der Waals surface area contributed by atoms with Crippen LogP contribution < -0.4 is 8.92 Å². The molecule has 0 fully saturated rings. The minimum Gasteiger partial charge on any atom is -0.497 e. The summed E-state index contributed by atoms with van der Waals surface area (Å²) in [6.07, 6.45) is 1.14. The Kier molecular flexibility index (Phi) is 3.92. The van der Waals surface area contributed by atoms with Crippen LogP contribution in [0.25, 0.3) is 0 Å². The molecule has 0 saturated carbocycles. The number of halogens is 1. The summed E-state index contributed by atoms with van der Waals surface area (Å²) in [5, 5.41) is 0.209. The monoisotopic (exact) mass is 299 g/mol. The second-order valence-electron chi connectivity index (χ2n) is 3.53. The lowest BCUT2D eigenvalue weighted by Crippen LogP contribution is -2.10. The van der Waals surface area contributed by atoms with Gasteiger partial charge in [-0.3, -0.25) is 0 Å². The number of methoxy groups -OCH3 is 1. The van der Waals surface area contributed by atoms with Crippen molar-refractivity contribution in [3.63, 3.8) is 0 Å². The summed E-state index contributed by atoms with van der Waals surface area (Å²) in [5.41, 5.74) is 0. The molecule has 0 aliphatic carbocycles. The maximum absolute atomic E-state index is 12.0. The summed E-state index contributed by atoms with van der Waals surface area (Å²) >= 11 is 5.60. The molecule has 19 heavy (non-hydrogen) atoms. The number of ether oxygens (including phenoxy) is 1. The number of aromatic nitrogens is 1. The summed E-state index contributed by atoms with van der Waals surface area (Å²) in [5.74, 6) is 0.663. The van der Waals surface area contributed by atoms with Crippen LogP contribution in [0, 0.1) is 0 Å². The Hall–Kier alpha value is -1.79. The second kappa shape index (κ2) is 5.46. The molecule has 0 N–H and O–H groups in total. The first kappa shape index (κ1) is 13.6. The molecule has 1 aromatic carbocycles. The molecule has 100 valence electrons. The van der Waals surface area contributed by atoms with E-state index in [0.29, 0.717) is 5.75 Å². The average molecular weight is 300 g/mol. The Bertz CT molecular complexity index is 670. The van der Waals surface area contributed by atoms with Crippen molar-refractivity contribution in [2.45, 2.75) is 4.90 Å². The highest BCUT2D eigenvalue weighted by atomic mass is 35.5. The summed E-state index contributed by atoms with van der Waals surface area (Å²) in [4.78, 5) is 3.63. The van der Waals surface area contributed by atoms with Crippen LogP contribution in [0.3, 0.4) is 0 Å². The minimum absolute atomic E-state index is 0.0697. The predicted octanol–water partition coefficient (Wildman–Crippen LogP) is 2.51. The van der Waals surface area contributed by atoms with Gasteiger partial charge in [0.1, 0.15) is 21.5 Å². The topological polar surface area (TPSA) is 65.5 Å². The molecule has 0 unspecified atom stereocenters. The second-order valence-corrected chi connectivity index (χ2v) is 5.47. The van der Waals surface area contributed by atoms with E-state index >= 15 is 0 Å². The van der Waals surface area contributed by atoms with Crippen LogP contribution >= 0.6 is 11.6 Å². The molecule has 5 nitrogen and oxygen atoms in total. The molecule has 0 spiro atoms. The highest BCUT2D eigenvalue weighted by molar-refractivity contribution is 7.87. The van der Waals surface area contributed by atoms with E-state index in [4.69, 9.17) is 20.5 Å². The van der Waals surface area contributed by atoms with Gasteiger partial charge in [0.05, 0.1) is 13.3 Å². The van der Waals surface area contributed by atoms with Crippen LogP contribution in [0.4, 0.5) is 0 Å². The SMILES string of the molecule is COc1cccc(OS(=O)(=O)c2ccc(Cl)nc2)c1. The number of hydrogen-bond acceptors (Lipinski definition) is 5. The maximum atomic E-state index is 12.0. The first-order valence-corrected chi connectivity index (χ1v) is 7.00. The van der Waals surface area contributed by atoms with E-state index < -0.39 is 10.1 Å². The zero-order valence-electron chi connectivity index (χ0n) is 9.91. The number of pyridine rings is 1. The van der Waals surface area contributed by atoms with Crippen LogP contribution in [-0.4, -0.2) is 20.5 Å². The summed E-state index contributed by atoms with van der Waals surface area (Å²) in [7, 11) is -2.45. The molecular weight excluding hydrogens is 290 g/mol. The van der Waals surface area contributed by atoms with Crippen LogP contribution in [-0.2, 0) is 10.1 Å². The summed E-state index contributed by atoms with van der Waals surface area (Å²) in [6, 6.07) is 9.01. The van der Waals surface area contributed by atoms with Crippen LogP contribution in [0.2, 0.25) is 5.15 Å². The number of nitrogens with zero attached hydrogens (tertiary/aromatic N) is 1. The smallest absolute Gasteiger partial charge is 0.340 e. The van der Waals surface area contributed by atoms with Gasteiger partial charge in [0.2, 0.25) is 0 Å². The largest absolute Gasteiger partial charge is 0.497 e. The van der Waals surface area contributed by atoms with Gasteiger partial charge in [-0.1, -0.05) is 17.7 Å². The normalized spacial score (nSPS) is 11.1. The molecule has 0 aliphatic rings. The molecule has 0 amide bonds. The molecule has 0 saturated heterocycles. The Morgan fingerprint density at radius 3 is 2.53 bits per heavy atom. The average Bonchev–Trinajstić information content (AvgIpc) is 2.39. The zero-order chi connectivity index (χ0) is 13.9. The summed E-state index contributed by atoms with van der Waals surface area (Å²) < 4.78 is 33.9. The Morgan fingerprint density at radius 1 is 1.16 bits per heavy atom. The Labute approximate surface area is 115 Å². The maximum Gasteiger partial charge on any atom is 0.340 e. The van der Waals surface area contributed by atoms with Gasteiger partial charge in [0, 0.05) is 6.07 Å². The molecule has 0 aliphatic heterocycles. The van der Waals surface area contributed by atoms with Crippen molar-refractivity contribution < 1.29 is 17.3 Å². The lowest BCUT2D eigenvalue weighted by molar-refractivity contribution is 0.411. The first-order valence-electron chi connectivity index (χ1n) is 5.21. The Balaban J connectivity index is 2.28. The zero-order valence-corrected chi connectivity index (χ0v) is 11.5. The van der Waals surface area contributed by atoms with Crippen LogP contribution in [0.15, 0.2) is 47.5 Å². The predicted molar refractivity (Wildman–Crippen MR) is 70.1 cm³/mol. The van der Waals surface area contributed by atoms with Crippen molar-refractivity contribution in [2.24, 2.45) is 0 Å². The molecule has 0 bridgehead atoms. The van der Waals surface area contributed by atoms with E-state index in [1.54, 1.807) is 12.1 Å². The van der Waals surface area contributed by atoms with Crippen LogP contribution in [0.5, 0.6) is 11.5 Å². The molecule has 0 radical (unpaired) electrons.